The Hall–Kier alpha value is -3.66. The van der Waals surface area contributed by atoms with Gasteiger partial charge in [0.05, 0.1) is 24.6 Å². The number of carbonyl (C=O) groups excluding carboxylic acids is 2. The van der Waals surface area contributed by atoms with Crippen LogP contribution >= 0.6 is 0 Å². The summed E-state index contributed by atoms with van der Waals surface area (Å²) in [6.07, 6.45) is 5.84. The third-order valence-corrected chi connectivity index (χ3v) is 6.81. The van der Waals surface area contributed by atoms with Crippen LogP contribution in [0, 0.1) is 23.7 Å². The molecule has 6 rings (SSSR count). The topological polar surface area (TPSA) is 50.5 Å². The number of nitrogens with zero attached hydrogens (tertiary/aromatic N) is 1. The summed E-state index contributed by atoms with van der Waals surface area (Å²) in [5, 5.41) is 0. The summed E-state index contributed by atoms with van der Waals surface area (Å²) in [5.74, 6) is -0.286. The molecule has 31 heavy (non-hydrogen) atoms. The number of amides is 2. The Morgan fingerprint density at radius 3 is 1.77 bits per heavy atom. The lowest BCUT2D eigenvalue weighted by molar-refractivity contribution is -0.141. The number of hydrogen-bond acceptors (Lipinski definition) is 3. The summed E-state index contributed by atoms with van der Waals surface area (Å²) in [6.45, 7) is 0.209. The largest absolute Gasteiger partial charge is 0.467 e. The lowest BCUT2D eigenvalue weighted by Gasteiger charge is -2.21. The first-order chi connectivity index (χ1) is 15.2. The van der Waals surface area contributed by atoms with E-state index in [9.17, 15) is 9.59 Å². The zero-order valence-corrected chi connectivity index (χ0v) is 16.8. The zero-order chi connectivity index (χ0) is 20.9. The van der Waals surface area contributed by atoms with Crippen molar-refractivity contribution in [2.45, 2.75) is 6.54 Å². The third kappa shape index (κ3) is 2.68. The first-order valence-electron chi connectivity index (χ1n) is 10.6. The first kappa shape index (κ1) is 18.1. The molecule has 1 aliphatic heterocycles. The molecule has 1 saturated carbocycles. The summed E-state index contributed by atoms with van der Waals surface area (Å²) in [6, 6.07) is 24.2. The van der Waals surface area contributed by atoms with Gasteiger partial charge in [-0.1, -0.05) is 72.8 Å². The van der Waals surface area contributed by atoms with Gasteiger partial charge in [-0.2, -0.15) is 0 Å². The van der Waals surface area contributed by atoms with Crippen molar-refractivity contribution in [2.24, 2.45) is 23.7 Å². The molecule has 0 unspecified atom stereocenters. The number of likely N-dealkylation sites (tertiary alicyclic amines) is 1. The fourth-order valence-corrected chi connectivity index (χ4v) is 5.58. The number of fused-ring (bicyclic) bond motifs is 5. The first-order valence-corrected chi connectivity index (χ1v) is 10.6. The molecule has 2 aliphatic carbocycles. The molecule has 4 atom stereocenters. The van der Waals surface area contributed by atoms with Gasteiger partial charge in [-0.05, 0) is 34.4 Å². The number of carbonyl (C=O) groups is 2. The van der Waals surface area contributed by atoms with Crippen molar-refractivity contribution >= 4 is 17.4 Å². The van der Waals surface area contributed by atoms with Crippen LogP contribution in [0.25, 0.3) is 5.57 Å². The van der Waals surface area contributed by atoms with Gasteiger partial charge in [0.15, 0.2) is 0 Å². The van der Waals surface area contributed by atoms with Gasteiger partial charge >= 0.3 is 0 Å². The quantitative estimate of drug-likeness (QED) is 0.465. The minimum absolute atomic E-state index is 0.0523. The third-order valence-electron chi connectivity index (χ3n) is 6.81. The van der Waals surface area contributed by atoms with Crippen molar-refractivity contribution in [1.82, 2.24) is 4.90 Å². The van der Waals surface area contributed by atoms with Crippen LogP contribution < -0.4 is 0 Å². The number of rotatable bonds is 4. The Morgan fingerprint density at radius 2 is 1.29 bits per heavy atom. The molecule has 2 amide bonds. The minimum Gasteiger partial charge on any atom is -0.467 e. The highest BCUT2D eigenvalue weighted by Crippen LogP contribution is 2.58. The van der Waals surface area contributed by atoms with Gasteiger partial charge in [0.1, 0.15) is 5.76 Å². The van der Waals surface area contributed by atoms with Crippen LogP contribution in [0.1, 0.15) is 16.9 Å². The van der Waals surface area contributed by atoms with E-state index in [1.165, 1.54) is 10.5 Å². The van der Waals surface area contributed by atoms with Crippen molar-refractivity contribution in [3.8, 4) is 0 Å². The Labute approximate surface area is 180 Å². The molecule has 0 spiro atoms. The van der Waals surface area contributed by atoms with Crippen LogP contribution in [0.15, 0.2) is 101 Å². The standard InChI is InChI=1S/C27H21NO3/c29-26-24-20-13-14-21(25(24)27(30)28(26)16-19-12-7-15-31-19)23(20)22(17-8-3-1-4-9-17)18-10-5-2-6-11-18/h1-15,20-21,24-25H,16H2/t20-,21-,24-,25-/m0/s1. The molecule has 0 N–H and O–H groups in total. The molecular formula is C27H21NO3. The fourth-order valence-electron chi connectivity index (χ4n) is 5.58. The van der Waals surface area contributed by atoms with Crippen LogP contribution in [-0.4, -0.2) is 16.7 Å². The van der Waals surface area contributed by atoms with Gasteiger partial charge in [-0.15, -0.1) is 0 Å². The molecule has 2 bridgehead atoms. The molecule has 1 saturated heterocycles. The molecule has 3 aliphatic rings. The molecular weight excluding hydrogens is 386 g/mol. The maximum Gasteiger partial charge on any atom is 0.234 e. The average Bonchev–Trinajstić information content (AvgIpc) is 3.58. The molecule has 3 aromatic rings. The van der Waals surface area contributed by atoms with E-state index in [-0.39, 0.29) is 42.0 Å². The van der Waals surface area contributed by atoms with E-state index >= 15 is 0 Å². The number of benzene rings is 2. The summed E-state index contributed by atoms with van der Waals surface area (Å²) in [7, 11) is 0. The van der Waals surface area contributed by atoms with Crippen molar-refractivity contribution in [3.05, 3.63) is 114 Å². The zero-order valence-electron chi connectivity index (χ0n) is 16.8. The minimum atomic E-state index is -0.324. The van der Waals surface area contributed by atoms with Crippen LogP contribution in [0.2, 0.25) is 0 Å². The Morgan fingerprint density at radius 1 is 0.742 bits per heavy atom. The Balaban J connectivity index is 1.45. The SMILES string of the molecule is O=C1[C@@H]2[C@@H](C(=O)N1Cc1ccco1)[C@H]1C=C[C@H]2C1=C(c1ccccc1)c1ccccc1. The van der Waals surface area contributed by atoms with E-state index in [2.05, 4.69) is 36.4 Å². The summed E-state index contributed by atoms with van der Waals surface area (Å²) < 4.78 is 5.39. The summed E-state index contributed by atoms with van der Waals surface area (Å²) in [4.78, 5) is 28.1. The maximum atomic E-state index is 13.4. The van der Waals surface area contributed by atoms with E-state index in [0.29, 0.717) is 5.76 Å². The van der Waals surface area contributed by atoms with E-state index < -0.39 is 0 Å². The summed E-state index contributed by atoms with van der Waals surface area (Å²) >= 11 is 0. The van der Waals surface area contributed by atoms with Gasteiger partial charge in [0.25, 0.3) is 0 Å². The fraction of sp³-hybridized carbons (Fsp3) is 0.185. The van der Waals surface area contributed by atoms with Crippen molar-refractivity contribution < 1.29 is 14.0 Å². The summed E-state index contributed by atoms with van der Waals surface area (Å²) in [5.41, 5.74) is 4.59. The molecule has 4 nitrogen and oxygen atoms in total. The van der Waals surface area contributed by atoms with E-state index in [0.717, 1.165) is 16.7 Å². The van der Waals surface area contributed by atoms with Gasteiger partial charge in [-0.25, -0.2) is 0 Å². The predicted molar refractivity (Wildman–Crippen MR) is 116 cm³/mol. The lowest BCUT2D eigenvalue weighted by atomic mass is 9.85. The predicted octanol–water partition coefficient (Wildman–Crippen LogP) is 4.70. The Kier molecular flexibility index (Phi) is 4.06. The van der Waals surface area contributed by atoms with E-state index in [1.807, 2.05) is 36.4 Å². The highest BCUT2D eigenvalue weighted by atomic mass is 16.3. The highest BCUT2D eigenvalue weighted by Gasteiger charge is 2.62. The molecule has 2 fully saturated rings. The number of hydrogen-bond donors (Lipinski definition) is 0. The van der Waals surface area contributed by atoms with Crippen LogP contribution in [0.5, 0.6) is 0 Å². The Bertz CT molecular complexity index is 1130. The lowest BCUT2D eigenvalue weighted by Crippen LogP contribution is -2.32. The average molecular weight is 407 g/mol. The molecule has 4 heteroatoms. The highest BCUT2D eigenvalue weighted by molar-refractivity contribution is 6.08. The van der Waals surface area contributed by atoms with Crippen molar-refractivity contribution in [1.29, 1.82) is 0 Å². The molecule has 2 aromatic carbocycles. The second kappa shape index (κ2) is 6.95. The van der Waals surface area contributed by atoms with Gasteiger partial charge in [0.2, 0.25) is 11.8 Å². The normalized spacial score (nSPS) is 26.1. The second-order valence-electron chi connectivity index (χ2n) is 8.39. The van der Waals surface area contributed by atoms with Crippen molar-refractivity contribution in [3.63, 3.8) is 0 Å². The monoisotopic (exact) mass is 407 g/mol. The van der Waals surface area contributed by atoms with Gasteiger partial charge < -0.3 is 4.42 Å². The van der Waals surface area contributed by atoms with Gasteiger partial charge in [0, 0.05) is 11.8 Å². The van der Waals surface area contributed by atoms with E-state index in [1.54, 1.807) is 18.4 Å². The number of imide groups is 1. The number of furan rings is 1. The molecule has 2 heterocycles. The van der Waals surface area contributed by atoms with Gasteiger partial charge in [-0.3, -0.25) is 14.5 Å². The van der Waals surface area contributed by atoms with Crippen LogP contribution in [0.4, 0.5) is 0 Å². The number of allylic oxidation sites excluding steroid dienone is 3. The smallest absolute Gasteiger partial charge is 0.234 e. The van der Waals surface area contributed by atoms with Crippen LogP contribution in [0.3, 0.4) is 0 Å². The maximum absolute atomic E-state index is 13.4. The van der Waals surface area contributed by atoms with E-state index in [4.69, 9.17) is 4.42 Å². The molecule has 0 radical (unpaired) electrons. The second-order valence-corrected chi connectivity index (χ2v) is 8.39. The van der Waals surface area contributed by atoms with Crippen LogP contribution in [-0.2, 0) is 16.1 Å². The molecule has 1 aromatic heterocycles. The molecule has 152 valence electrons. The van der Waals surface area contributed by atoms with Crippen molar-refractivity contribution in [2.75, 3.05) is 0 Å².